The second-order valence-electron chi connectivity index (χ2n) is 4.82. The van der Waals surface area contributed by atoms with E-state index in [1.165, 1.54) is 12.1 Å². The smallest absolute Gasteiger partial charge is 0.257 e. The SMILES string of the molecule is CC(C)(C)NC(=S)NC(=O)c1cc(Cl)cc(Cl)c1. The first-order valence-electron chi connectivity index (χ1n) is 5.27. The molecule has 6 heteroatoms. The highest BCUT2D eigenvalue weighted by Crippen LogP contribution is 2.18. The van der Waals surface area contributed by atoms with Gasteiger partial charge in [-0.3, -0.25) is 10.1 Å². The normalized spacial score (nSPS) is 10.9. The quantitative estimate of drug-likeness (QED) is 0.781. The highest BCUT2D eigenvalue weighted by molar-refractivity contribution is 7.80. The molecule has 18 heavy (non-hydrogen) atoms. The lowest BCUT2D eigenvalue weighted by atomic mass is 10.1. The van der Waals surface area contributed by atoms with Gasteiger partial charge >= 0.3 is 0 Å². The summed E-state index contributed by atoms with van der Waals surface area (Å²) in [5.41, 5.74) is 0.154. The first-order chi connectivity index (χ1) is 8.17. The maximum Gasteiger partial charge on any atom is 0.257 e. The van der Waals surface area contributed by atoms with Gasteiger partial charge in [-0.05, 0) is 51.2 Å². The van der Waals surface area contributed by atoms with Crippen LogP contribution in [0.4, 0.5) is 0 Å². The number of hydrogen-bond donors (Lipinski definition) is 2. The predicted molar refractivity (Wildman–Crippen MR) is 79.4 cm³/mol. The van der Waals surface area contributed by atoms with Crippen LogP contribution in [-0.4, -0.2) is 16.6 Å². The summed E-state index contributed by atoms with van der Waals surface area (Å²) >= 11 is 16.7. The molecule has 0 aliphatic rings. The highest BCUT2D eigenvalue weighted by atomic mass is 35.5. The largest absolute Gasteiger partial charge is 0.358 e. The zero-order chi connectivity index (χ0) is 13.9. The molecule has 1 amide bonds. The van der Waals surface area contributed by atoms with Crippen molar-refractivity contribution in [2.24, 2.45) is 0 Å². The number of carbonyl (C=O) groups is 1. The van der Waals surface area contributed by atoms with Crippen molar-refractivity contribution in [3.8, 4) is 0 Å². The highest BCUT2D eigenvalue weighted by Gasteiger charge is 2.14. The molecule has 0 saturated heterocycles. The van der Waals surface area contributed by atoms with Crippen LogP contribution in [0.5, 0.6) is 0 Å². The van der Waals surface area contributed by atoms with Gasteiger partial charge in [0, 0.05) is 21.1 Å². The molecule has 0 aromatic heterocycles. The van der Waals surface area contributed by atoms with E-state index in [9.17, 15) is 4.79 Å². The van der Waals surface area contributed by atoms with E-state index in [0.717, 1.165) is 0 Å². The molecule has 0 radical (unpaired) electrons. The average molecular weight is 305 g/mol. The maximum absolute atomic E-state index is 11.9. The molecular weight excluding hydrogens is 291 g/mol. The Morgan fingerprint density at radius 2 is 1.67 bits per heavy atom. The molecule has 98 valence electrons. The molecule has 0 saturated carbocycles. The molecule has 0 bridgehead atoms. The van der Waals surface area contributed by atoms with E-state index in [4.69, 9.17) is 35.4 Å². The van der Waals surface area contributed by atoms with E-state index in [1.54, 1.807) is 6.07 Å². The van der Waals surface area contributed by atoms with Gasteiger partial charge in [0.25, 0.3) is 5.91 Å². The third-order valence-electron chi connectivity index (χ3n) is 1.84. The van der Waals surface area contributed by atoms with Crippen molar-refractivity contribution in [2.75, 3.05) is 0 Å². The minimum absolute atomic E-state index is 0.212. The van der Waals surface area contributed by atoms with Crippen LogP contribution in [0.15, 0.2) is 18.2 Å². The van der Waals surface area contributed by atoms with Crippen LogP contribution in [0, 0.1) is 0 Å². The Kier molecular flexibility index (Phi) is 4.96. The number of hydrogen-bond acceptors (Lipinski definition) is 2. The lowest BCUT2D eigenvalue weighted by Crippen LogP contribution is -2.48. The second-order valence-corrected chi connectivity index (χ2v) is 6.10. The van der Waals surface area contributed by atoms with Gasteiger partial charge < -0.3 is 5.32 Å². The Balaban J connectivity index is 2.74. The Hall–Kier alpha value is -0.840. The number of carbonyl (C=O) groups excluding carboxylic acids is 1. The van der Waals surface area contributed by atoms with E-state index in [0.29, 0.717) is 15.6 Å². The number of amides is 1. The second kappa shape index (κ2) is 5.87. The summed E-state index contributed by atoms with van der Waals surface area (Å²) in [6, 6.07) is 4.62. The zero-order valence-electron chi connectivity index (χ0n) is 10.3. The third-order valence-corrected chi connectivity index (χ3v) is 2.48. The summed E-state index contributed by atoms with van der Waals surface area (Å²) in [6.07, 6.45) is 0. The van der Waals surface area contributed by atoms with Crippen LogP contribution in [0.2, 0.25) is 10.0 Å². The van der Waals surface area contributed by atoms with Crippen molar-refractivity contribution in [1.82, 2.24) is 10.6 Å². The van der Waals surface area contributed by atoms with E-state index in [1.807, 2.05) is 20.8 Å². The van der Waals surface area contributed by atoms with Crippen LogP contribution < -0.4 is 10.6 Å². The Morgan fingerprint density at radius 3 is 2.11 bits per heavy atom. The van der Waals surface area contributed by atoms with Crippen molar-refractivity contribution in [2.45, 2.75) is 26.3 Å². The van der Waals surface area contributed by atoms with Crippen LogP contribution in [0.1, 0.15) is 31.1 Å². The molecule has 1 aromatic carbocycles. The number of nitrogens with one attached hydrogen (secondary N) is 2. The zero-order valence-corrected chi connectivity index (χ0v) is 12.6. The van der Waals surface area contributed by atoms with E-state index in [-0.39, 0.29) is 16.6 Å². The summed E-state index contributed by atoms with van der Waals surface area (Å²) in [4.78, 5) is 11.9. The summed E-state index contributed by atoms with van der Waals surface area (Å²) in [6.45, 7) is 5.84. The molecule has 0 spiro atoms. The van der Waals surface area contributed by atoms with Crippen LogP contribution in [-0.2, 0) is 0 Å². The van der Waals surface area contributed by atoms with Crippen molar-refractivity contribution in [3.63, 3.8) is 0 Å². The van der Waals surface area contributed by atoms with Gasteiger partial charge in [-0.1, -0.05) is 23.2 Å². The lowest BCUT2D eigenvalue weighted by molar-refractivity contribution is 0.0976. The van der Waals surface area contributed by atoms with Crippen LogP contribution in [0.3, 0.4) is 0 Å². The molecule has 1 rings (SSSR count). The number of thiocarbonyl (C=S) groups is 1. The standard InChI is InChI=1S/C12H14Cl2N2OS/c1-12(2,3)16-11(18)15-10(17)7-4-8(13)6-9(14)5-7/h4-6H,1-3H3,(H2,15,16,17,18). The fourth-order valence-electron chi connectivity index (χ4n) is 1.23. The van der Waals surface area contributed by atoms with E-state index < -0.39 is 0 Å². The van der Waals surface area contributed by atoms with Crippen LogP contribution in [0.25, 0.3) is 0 Å². The Bertz CT molecular complexity index is 463. The van der Waals surface area contributed by atoms with Gasteiger partial charge in [-0.2, -0.15) is 0 Å². The molecule has 1 aromatic rings. The topological polar surface area (TPSA) is 41.1 Å². The monoisotopic (exact) mass is 304 g/mol. The van der Waals surface area contributed by atoms with Gasteiger partial charge in [-0.15, -0.1) is 0 Å². The van der Waals surface area contributed by atoms with E-state index >= 15 is 0 Å². The summed E-state index contributed by atoms with van der Waals surface area (Å²) in [5.74, 6) is -0.346. The molecule has 2 N–H and O–H groups in total. The minimum Gasteiger partial charge on any atom is -0.358 e. The Labute approximate surface area is 122 Å². The molecule has 0 unspecified atom stereocenters. The molecule has 0 heterocycles. The number of rotatable bonds is 1. The number of halogens is 2. The summed E-state index contributed by atoms with van der Waals surface area (Å²) in [7, 11) is 0. The fraction of sp³-hybridized carbons (Fsp3) is 0.333. The molecule has 3 nitrogen and oxygen atoms in total. The molecule has 0 fully saturated rings. The minimum atomic E-state index is -0.346. The molecule has 0 aliphatic carbocycles. The molecular formula is C12H14Cl2N2OS. The fourth-order valence-corrected chi connectivity index (χ4v) is 2.16. The lowest BCUT2D eigenvalue weighted by Gasteiger charge is -2.22. The summed E-state index contributed by atoms with van der Waals surface area (Å²) in [5, 5.41) is 6.63. The summed E-state index contributed by atoms with van der Waals surface area (Å²) < 4.78 is 0. The third kappa shape index (κ3) is 5.21. The number of benzene rings is 1. The predicted octanol–water partition coefficient (Wildman–Crippen LogP) is 3.40. The van der Waals surface area contributed by atoms with Gasteiger partial charge in [0.15, 0.2) is 5.11 Å². The Morgan fingerprint density at radius 1 is 1.17 bits per heavy atom. The van der Waals surface area contributed by atoms with Crippen molar-refractivity contribution >= 4 is 46.4 Å². The van der Waals surface area contributed by atoms with E-state index in [2.05, 4.69) is 10.6 Å². The van der Waals surface area contributed by atoms with Crippen LogP contribution >= 0.6 is 35.4 Å². The van der Waals surface area contributed by atoms with Gasteiger partial charge in [0.05, 0.1) is 0 Å². The maximum atomic E-state index is 11.9. The first-order valence-corrected chi connectivity index (χ1v) is 6.43. The van der Waals surface area contributed by atoms with Gasteiger partial charge in [0.2, 0.25) is 0 Å². The molecule has 0 aliphatic heterocycles. The van der Waals surface area contributed by atoms with Crippen molar-refractivity contribution in [3.05, 3.63) is 33.8 Å². The van der Waals surface area contributed by atoms with Gasteiger partial charge in [0.1, 0.15) is 0 Å². The van der Waals surface area contributed by atoms with Gasteiger partial charge in [-0.25, -0.2) is 0 Å². The van der Waals surface area contributed by atoms with Crippen molar-refractivity contribution in [1.29, 1.82) is 0 Å². The van der Waals surface area contributed by atoms with Crippen molar-refractivity contribution < 1.29 is 4.79 Å². The molecule has 0 atom stereocenters. The average Bonchev–Trinajstić information content (AvgIpc) is 2.12. The first kappa shape index (κ1) is 15.2.